The summed E-state index contributed by atoms with van der Waals surface area (Å²) in [5.41, 5.74) is 1.84. The first kappa shape index (κ1) is 13.8. The van der Waals surface area contributed by atoms with Gasteiger partial charge in [-0.1, -0.05) is 42.5 Å². The van der Waals surface area contributed by atoms with E-state index in [0.717, 1.165) is 13.0 Å². The molecule has 1 saturated heterocycles. The van der Waals surface area contributed by atoms with E-state index in [-0.39, 0.29) is 11.9 Å². The quantitative estimate of drug-likeness (QED) is 0.578. The summed E-state index contributed by atoms with van der Waals surface area (Å²) in [6.45, 7) is 1.27. The topological polar surface area (TPSA) is 38.8 Å². The second kappa shape index (κ2) is 6.55. The van der Waals surface area contributed by atoms with Crippen LogP contribution in [0, 0.1) is 0 Å². The standard InChI is InChI=1S/C18H18O3/c19-17(11-10-14-6-2-1-3-7-14)16-8-4-5-9-18(16)21-13-15-12-20-15/h1-9,15H,10-13H2/t15-/m1/s1. The van der Waals surface area contributed by atoms with Gasteiger partial charge in [0.2, 0.25) is 0 Å². The van der Waals surface area contributed by atoms with Crippen molar-refractivity contribution in [3.05, 3.63) is 65.7 Å². The van der Waals surface area contributed by atoms with Gasteiger partial charge in [0.1, 0.15) is 18.5 Å². The molecule has 21 heavy (non-hydrogen) atoms. The van der Waals surface area contributed by atoms with Crippen molar-refractivity contribution in [3.63, 3.8) is 0 Å². The molecule has 2 aromatic rings. The summed E-state index contributed by atoms with van der Waals surface area (Å²) in [6.07, 6.45) is 1.43. The number of aryl methyl sites for hydroxylation is 1. The molecule has 0 aliphatic carbocycles. The van der Waals surface area contributed by atoms with Gasteiger partial charge in [-0.2, -0.15) is 0 Å². The molecule has 3 heteroatoms. The van der Waals surface area contributed by atoms with E-state index in [9.17, 15) is 4.79 Å². The van der Waals surface area contributed by atoms with Crippen molar-refractivity contribution >= 4 is 5.78 Å². The van der Waals surface area contributed by atoms with Crippen molar-refractivity contribution in [1.82, 2.24) is 0 Å². The zero-order chi connectivity index (χ0) is 14.5. The third-order valence-electron chi connectivity index (χ3n) is 3.50. The number of benzene rings is 2. The molecule has 0 amide bonds. The lowest BCUT2D eigenvalue weighted by Gasteiger charge is -2.09. The molecule has 0 N–H and O–H groups in total. The fraction of sp³-hybridized carbons (Fsp3) is 0.278. The van der Waals surface area contributed by atoms with Crippen LogP contribution in [0.25, 0.3) is 0 Å². The van der Waals surface area contributed by atoms with E-state index in [1.165, 1.54) is 5.56 Å². The number of ketones is 1. The molecule has 3 nitrogen and oxygen atoms in total. The van der Waals surface area contributed by atoms with Crippen molar-refractivity contribution in [2.24, 2.45) is 0 Å². The zero-order valence-corrected chi connectivity index (χ0v) is 11.8. The Morgan fingerprint density at radius 3 is 2.57 bits per heavy atom. The van der Waals surface area contributed by atoms with E-state index < -0.39 is 0 Å². The second-order valence-electron chi connectivity index (χ2n) is 5.17. The first-order chi connectivity index (χ1) is 10.3. The Balaban J connectivity index is 1.63. The Morgan fingerprint density at radius 2 is 1.81 bits per heavy atom. The SMILES string of the molecule is O=C(CCc1ccccc1)c1ccccc1OC[C@H]1CO1. The van der Waals surface area contributed by atoms with Gasteiger partial charge in [-0.15, -0.1) is 0 Å². The highest BCUT2D eigenvalue weighted by Crippen LogP contribution is 2.22. The zero-order valence-electron chi connectivity index (χ0n) is 11.8. The van der Waals surface area contributed by atoms with Gasteiger partial charge in [0.05, 0.1) is 12.2 Å². The van der Waals surface area contributed by atoms with Crippen LogP contribution in [-0.2, 0) is 11.2 Å². The number of hydrogen-bond acceptors (Lipinski definition) is 3. The molecule has 0 saturated carbocycles. The van der Waals surface area contributed by atoms with Crippen molar-refractivity contribution in [1.29, 1.82) is 0 Å². The number of carbonyl (C=O) groups excluding carboxylic acids is 1. The number of para-hydroxylation sites is 1. The third kappa shape index (κ3) is 3.92. The average Bonchev–Trinajstić information content (AvgIpc) is 3.36. The van der Waals surface area contributed by atoms with Crippen LogP contribution in [0.1, 0.15) is 22.3 Å². The minimum Gasteiger partial charge on any atom is -0.490 e. The summed E-state index contributed by atoms with van der Waals surface area (Å²) < 4.78 is 10.8. The highest BCUT2D eigenvalue weighted by Gasteiger charge is 2.24. The lowest BCUT2D eigenvalue weighted by Crippen LogP contribution is -2.09. The molecule has 0 bridgehead atoms. The molecule has 1 atom stereocenters. The maximum Gasteiger partial charge on any atom is 0.166 e. The van der Waals surface area contributed by atoms with Crippen LogP contribution in [0.2, 0.25) is 0 Å². The van der Waals surface area contributed by atoms with Crippen LogP contribution in [0.4, 0.5) is 0 Å². The number of ether oxygens (including phenoxy) is 2. The van der Waals surface area contributed by atoms with Crippen LogP contribution in [-0.4, -0.2) is 25.1 Å². The average molecular weight is 282 g/mol. The maximum absolute atomic E-state index is 12.4. The lowest BCUT2D eigenvalue weighted by molar-refractivity contribution is 0.0978. The fourth-order valence-corrected chi connectivity index (χ4v) is 2.21. The van der Waals surface area contributed by atoms with Gasteiger partial charge in [0.25, 0.3) is 0 Å². The molecule has 2 aromatic carbocycles. The Kier molecular flexibility index (Phi) is 4.31. The van der Waals surface area contributed by atoms with E-state index in [0.29, 0.717) is 24.3 Å². The predicted octanol–water partition coefficient (Wildman–Crippen LogP) is 3.28. The van der Waals surface area contributed by atoms with Gasteiger partial charge >= 0.3 is 0 Å². The fourth-order valence-electron chi connectivity index (χ4n) is 2.21. The Morgan fingerprint density at radius 1 is 1.10 bits per heavy atom. The molecular weight excluding hydrogens is 264 g/mol. The number of hydrogen-bond donors (Lipinski definition) is 0. The van der Waals surface area contributed by atoms with Crippen molar-refractivity contribution in [3.8, 4) is 5.75 Å². The van der Waals surface area contributed by atoms with Gasteiger partial charge in [-0.3, -0.25) is 4.79 Å². The first-order valence-corrected chi connectivity index (χ1v) is 7.23. The predicted molar refractivity (Wildman–Crippen MR) is 80.8 cm³/mol. The minimum absolute atomic E-state index is 0.117. The Bertz CT molecular complexity index is 603. The molecule has 1 aliphatic heterocycles. The van der Waals surface area contributed by atoms with E-state index >= 15 is 0 Å². The molecule has 108 valence electrons. The smallest absolute Gasteiger partial charge is 0.166 e. The summed E-state index contributed by atoms with van der Waals surface area (Å²) in [7, 11) is 0. The molecule has 1 aliphatic rings. The summed E-state index contributed by atoms with van der Waals surface area (Å²) in [4.78, 5) is 12.4. The highest BCUT2D eigenvalue weighted by atomic mass is 16.6. The van der Waals surface area contributed by atoms with Crippen LogP contribution in [0.15, 0.2) is 54.6 Å². The maximum atomic E-state index is 12.4. The summed E-state index contributed by atoms with van der Waals surface area (Å²) in [6, 6.07) is 17.5. The molecular formula is C18H18O3. The third-order valence-corrected chi connectivity index (χ3v) is 3.50. The number of epoxide rings is 1. The van der Waals surface area contributed by atoms with Crippen molar-refractivity contribution in [2.45, 2.75) is 18.9 Å². The summed E-state index contributed by atoms with van der Waals surface area (Å²) >= 11 is 0. The first-order valence-electron chi connectivity index (χ1n) is 7.23. The molecule has 3 rings (SSSR count). The van der Waals surface area contributed by atoms with Crippen LogP contribution < -0.4 is 4.74 Å². The van der Waals surface area contributed by atoms with Gasteiger partial charge in [-0.25, -0.2) is 0 Å². The molecule has 0 unspecified atom stereocenters. The molecule has 0 aromatic heterocycles. The van der Waals surface area contributed by atoms with Gasteiger partial charge in [0.15, 0.2) is 5.78 Å². The molecule has 0 radical (unpaired) electrons. The van der Waals surface area contributed by atoms with Gasteiger partial charge in [0, 0.05) is 6.42 Å². The monoisotopic (exact) mass is 282 g/mol. The number of rotatable bonds is 7. The summed E-state index contributed by atoms with van der Waals surface area (Å²) in [5.74, 6) is 0.775. The second-order valence-corrected chi connectivity index (χ2v) is 5.17. The van der Waals surface area contributed by atoms with E-state index in [2.05, 4.69) is 0 Å². The lowest BCUT2D eigenvalue weighted by atomic mass is 10.0. The van der Waals surface area contributed by atoms with Crippen LogP contribution >= 0.6 is 0 Å². The Labute approximate surface area is 124 Å². The van der Waals surface area contributed by atoms with Gasteiger partial charge < -0.3 is 9.47 Å². The van der Waals surface area contributed by atoms with Crippen LogP contribution in [0.3, 0.4) is 0 Å². The Hall–Kier alpha value is -2.13. The minimum atomic E-state index is 0.117. The summed E-state index contributed by atoms with van der Waals surface area (Å²) in [5, 5.41) is 0. The van der Waals surface area contributed by atoms with Crippen molar-refractivity contribution < 1.29 is 14.3 Å². The van der Waals surface area contributed by atoms with Crippen LogP contribution in [0.5, 0.6) is 5.75 Å². The normalized spacial score (nSPS) is 16.5. The number of Topliss-reactive ketones (excluding diaryl/α,β-unsaturated/α-hetero) is 1. The molecule has 1 heterocycles. The van der Waals surface area contributed by atoms with Gasteiger partial charge in [-0.05, 0) is 24.1 Å². The largest absolute Gasteiger partial charge is 0.490 e. The molecule has 0 spiro atoms. The van der Waals surface area contributed by atoms with Crippen molar-refractivity contribution in [2.75, 3.05) is 13.2 Å². The number of carbonyl (C=O) groups is 1. The molecule has 1 fully saturated rings. The van der Waals surface area contributed by atoms with E-state index in [4.69, 9.17) is 9.47 Å². The van der Waals surface area contributed by atoms with E-state index in [1.807, 2.05) is 54.6 Å². The highest BCUT2D eigenvalue weighted by molar-refractivity contribution is 5.98. The van der Waals surface area contributed by atoms with E-state index in [1.54, 1.807) is 0 Å².